The summed E-state index contributed by atoms with van der Waals surface area (Å²) in [4.78, 5) is 40.1. The Labute approximate surface area is 189 Å². The number of piperidine rings is 1. The Hall–Kier alpha value is -3.94. The minimum atomic E-state index is -0.359. The summed E-state index contributed by atoms with van der Waals surface area (Å²) in [5, 5.41) is 5.54. The molecule has 2 aliphatic rings. The molecule has 3 aromatic rings. The molecule has 2 N–H and O–H groups in total. The third kappa shape index (κ3) is 4.24. The number of halogens is 1. The lowest BCUT2D eigenvalue weighted by molar-refractivity contribution is 0.102. The van der Waals surface area contributed by atoms with Gasteiger partial charge in [-0.05, 0) is 60.9 Å². The number of carbonyl (C=O) groups is 2. The predicted octanol–water partition coefficient (Wildman–Crippen LogP) is 3.89. The lowest BCUT2D eigenvalue weighted by Crippen LogP contribution is -2.50. The summed E-state index contributed by atoms with van der Waals surface area (Å²) in [6.07, 6.45) is 0.898. The highest BCUT2D eigenvalue weighted by Crippen LogP contribution is 2.35. The van der Waals surface area contributed by atoms with E-state index in [9.17, 15) is 18.8 Å². The molecule has 3 amide bonds. The van der Waals surface area contributed by atoms with Gasteiger partial charge in [-0.15, -0.1) is 0 Å². The number of amides is 3. The number of nitrogens with one attached hydrogen (secondary N) is 2. The molecule has 8 heteroatoms. The molecule has 2 aromatic carbocycles. The molecule has 5 rings (SSSR count). The highest BCUT2D eigenvalue weighted by atomic mass is 19.1. The van der Waals surface area contributed by atoms with Crippen LogP contribution in [0.4, 0.5) is 20.6 Å². The van der Waals surface area contributed by atoms with Crippen LogP contribution in [-0.2, 0) is 6.54 Å². The van der Waals surface area contributed by atoms with Gasteiger partial charge in [0.05, 0.1) is 0 Å². The normalized spacial score (nSPS) is 18.9. The van der Waals surface area contributed by atoms with Crippen LogP contribution in [0.5, 0.6) is 0 Å². The Morgan fingerprint density at radius 2 is 1.64 bits per heavy atom. The smallest absolute Gasteiger partial charge is 0.321 e. The second kappa shape index (κ2) is 8.54. The van der Waals surface area contributed by atoms with Crippen LogP contribution in [0.15, 0.2) is 71.5 Å². The Kier molecular flexibility index (Phi) is 5.42. The van der Waals surface area contributed by atoms with Crippen LogP contribution in [0, 0.1) is 11.7 Å². The maximum atomic E-state index is 13.1. The SMILES string of the molecule is O=C(Nc1ccc2n(c1=O)C[C@@H]1C[C@@H]2CN(C(=O)Nc2ccc(F)cc2)C1)c1ccccc1. The molecule has 0 unspecified atom stereocenters. The van der Waals surface area contributed by atoms with Gasteiger partial charge in [0.2, 0.25) is 0 Å². The van der Waals surface area contributed by atoms with Crippen LogP contribution in [0.3, 0.4) is 0 Å². The van der Waals surface area contributed by atoms with Crippen molar-refractivity contribution in [3.05, 3.63) is 94.2 Å². The number of pyridine rings is 1. The number of carbonyl (C=O) groups excluding carboxylic acids is 2. The summed E-state index contributed by atoms with van der Waals surface area (Å²) in [5.41, 5.74) is 1.91. The first-order chi connectivity index (χ1) is 16.0. The maximum Gasteiger partial charge on any atom is 0.321 e. The molecular weight excluding hydrogens is 423 g/mol. The molecule has 2 aliphatic heterocycles. The van der Waals surface area contributed by atoms with Crippen molar-refractivity contribution in [1.29, 1.82) is 0 Å². The van der Waals surface area contributed by atoms with Crippen LogP contribution in [0.1, 0.15) is 28.4 Å². The molecule has 33 heavy (non-hydrogen) atoms. The quantitative estimate of drug-likeness (QED) is 0.640. The van der Waals surface area contributed by atoms with Gasteiger partial charge in [0.25, 0.3) is 11.5 Å². The van der Waals surface area contributed by atoms with E-state index in [-0.39, 0.29) is 40.8 Å². The summed E-state index contributed by atoms with van der Waals surface area (Å²) < 4.78 is 14.8. The fraction of sp³-hybridized carbons (Fsp3) is 0.240. The van der Waals surface area contributed by atoms with Crippen molar-refractivity contribution in [2.45, 2.75) is 18.9 Å². The highest BCUT2D eigenvalue weighted by molar-refractivity contribution is 6.04. The first-order valence-electron chi connectivity index (χ1n) is 10.9. The molecule has 0 spiro atoms. The van der Waals surface area contributed by atoms with Crippen LogP contribution in [0.2, 0.25) is 0 Å². The lowest BCUT2D eigenvalue weighted by atomic mass is 9.83. The fourth-order valence-electron chi connectivity index (χ4n) is 4.73. The number of benzene rings is 2. The van der Waals surface area contributed by atoms with E-state index < -0.39 is 0 Å². The average molecular weight is 446 g/mol. The zero-order valence-electron chi connectivity index (χ0n) is 17.8. The fourth-order valence-corrected chi connectivity index (χ4v) is 4.73. The lowest BCUT2D eigenvalue weighted by Gasteiger charge is -2.42. The van der Waals surface area contributed by atoms with E-state index in [0.717, 1.165) is 12.1 Å². The number of likely N-dealkylation sites (tertiary alicyclic amines) is 1. The number of urea groups is 1. The number of nitrogens with zero attached hydrogens (tertiary/aromatic N) is 2. The Morgan fingerprint density at radius 3 is 2.39 bits per heavy atom. The van der Waals surface area contributed by atoms with Crippen molar-refractivity contribution in [2.75, 3.05) is 23.7 Å². The summed E-state index contributed by atoms with van der Waals surface area (Å²) in [6, 6.07) is 17.7. The Bertz CT molecular complexity index is 1260. The van der Waals surface area contributed by atoms with Crippen LogP contribution in [-0.4, -0.2) is 34.5 Å². The largest absolute Gasteiger partial charge is 0.324 e. The molecule has 2 bridgehead atoms. The predicted molar refractivity (Wildman–Crippen MR) is 123 cm³/mol. The summed E-state index contributed by atoms with van der Waals surface area (Å²) in [6.45, 7) is 1.49. The first-order valence-corrected chi connectivity index (χ1v) is 10.9. The van der Waals surface area contributed by atoms with Crippen molar-refractivity contribution in [1.82, 2.24) is 9.47 Å². The summed E-state index contributed by atoms with van der Waals surface area (Å²) in [7, 11) is 0. The number of aromatic nitrogens is 1. The molecule has 1 aromatic heterocycles. The summed E-state index contributed by atoms with van der Waals surface area (Å²) in [5.74, 6) is -0.522. The van der Waals surface area contributed by atoms with Crippen molar-refractivity contribution < 1.29 is 14.0 Å². The van der Waals surface area contributed by atoms with Crippen molar-refractivity contribution in [3.8, 4) is 0 Å². The van der Waals surface area contributed by atoms with E-state index in [1.54, 1.807) is 39.8 Å². The van der Waals surface area contributed by atoms with Crippen molar-refractivity contribution in [3.63, 3.8) is 0 Å². The third-order valence-corrected chi connectivity index (χ3v) is 6.27. The molecule has 0 radical (unpaired) electrons. The number of rotatable bonds is 3. The Morgan fingerprint density at radius 1 is 0.879 bits per heavy atom. The monoisotopic (exact) mass is 446 g/mol. The van der Waals surface area contributed by atoms with Gasteiger partial charge >= 0.3 is 6.03 Å². The van der Waals surface area contributed by atoms with E-state index in [1.165, 1.54) is 24.3 Å². The van der Waals surface area contributed by atoms with Crippen molar-refractivity contribution in [2.24, 2.45) is 5.92 Å². The number of hydrogen-bond acceptors (Lipinski definition) is 3. The zero-order valence-corrected chi connectivity index (χ0v) is 17.8. The number of hydrogen-bond donors (Lipinski definition) is 2. The van der Waals surface area contributed by atoms with Gasteiger partial charge in [0.15, 0.2) is 0 Å². The minimum absolute atomic E-state index is 0.0306. The Balaban J connectivity index is 1.32. The molecule has 1 fully saturated rings. The van der Waals surface area contributed by atoms with E-state index >= 15 is 0 Å². The van der Waals surface area contributed by atoms with Gasteiger partial charge in [-0.3, -0.25) is 9.59 Å². The number of fused-ring (bicyclic) bond motifs is 4. The van der Waals surface area contributed by atoms with Crippen molar-refractivity contribution >= 4 is 23.3 Å². The van der Waals surface area contributed by atoms with Gasteiger partial charge in [-0.2, -0.15) is 0 Å². The van der Waals surface area contributed by atoms with Gasteiger partial charge in [0.1, 0.15) is 11.5 Å². The van der Waals surface area contributed by atoms with E-state index in [2.05, 4.69) is 10.6 Å². The van der Waals surface area contributed by atoms with E-state index in [1.807, 2.05) is 12.1 Å². The highest BCUT2D eigenvalue weighted by Gasteiger charge is 2.36. The van der Waals surface area contributed by atoms with Gasteiger partial charge in [-0.1, -0.05) is 18.2 Å². The summed E-state index contributed by atoms with van der Waals surface area (Å²) >= 11 is 0. The van der Waals surface area contributed by atoms with E-state index in [0.29, 0.717) is 30.9 Å². The molecule has 0 aliphatic carbocycles. The van der Waals surface area contributed by atoms with Gasteiger partial charge in [-0.25, -0.2) is 9.18 Å². The standard InChI is InChI=1S/C25H23FN4O3/c26-19-6-8-20(9-7-19)27-25(33)29-13-16-12-18(15-29)22-11-10-21(24(32)30(22)14-16)28-23(31)17-4-2-1-3-5-17/h1-11,16,18H,12-15H2,(H,27,33)(H,28,31)/t16-,18-/m1/s1. The van der Waals surface area contributed by atoms with Gasteiger partial charge < -0.3 is 20.1 Å². The average Bonchev–Trinajstić information content (AvgIpc) is 2.83. The molecule has 7 nitrogen and oxygen atoms in total. The van der Waals surface area contributed by atoms with Crippen LogP contribution < -0.4 is 16.2 Å². The number of anilines is 2. The zero-order chi connectivity index (χ0) is 22.9. The minimum Gasteiger partial charge on any atom is -0.324 e. The first kappa shape index (κ1) is 20.9. The third-order valence-electron chi connectivity index (χ3n) is 6.27. The topological polar surface area (TPSA) is 83.4 Å². The molecular formula is C25H23FN4O3. The molecule has 0 saturated carbocycles. The second-order valence-electron chi connectivity index (χ2n) is 8.55. The maximum absolute atomic E-state index is 13.1. The second-order valence-corrected chi connectivity index (χ2v) is 8.55. The molecule has 1 saturated heterocycles. The molecule has 3 heterocycles. The van der Waals surface area contributed by atoms with Gasteiger partial charge in [0, 0.05) is 42.5 Å². The van der Waals surface area contributed by atoms with E-state index in [4.69, 9.17) is 0 Å². The molecule has 168 valence electrons. The molecule has 2 atom stereocenters. The van der Waals surface area contributed by atoms with Crippen LogP contribution in [0.25, 0.3) is 0 Å². The van der Waals surface area contributed by atoms with Crippen LogP contribution >= 0.6 is 0 Å².